The molecule has 0 saturated carbocycles. The first kappa shape index (κ1) is 9.38. The van der Waals surface area contributed by atoms with Crippen molar-refractivity contribution < 1.29 is 21.1 Å². The number of rotatable bonds is 1. The van der Waals surface area contributed by atoms with Crippen LogP contribution in [0.15, 0.2) is 24.3 Å². The van der Waals surface area contributed by atoms with Crippen LogP contribution in [0.25, 0.3) is 0 Å². The largest absolute Gasteiger partial charge is 0.422 e. The normalized spacial score (nSPS) is 8.00. The van der Waals surface area contributed by atoms with Crippen molar-refractivity contribution >= 4 is 5.84 Å². The maximum Gasteiger partial charge on any atom is 0.0382 e. The average molecular weight is 303 g/mol. The van der Waals surface area contributed by atoms with Gasteiger partial charge in [-0.05, 0) is 0 Å². The fourth-order valence-corrected chi connectivity index (χ4v) is 0.561. The molecule has 1 aromatic carbocycles. The molecule has 0 atom stereocenters. The number of hydrogen-bond donors (Lipinski definition) is 2. The van der Waals surface area contributed by atoms with Gasteiger partial charge < -0.3 is 11.1 Å². The van der Waals surface area contributed by atoms with E-state index in [1.54, 1.807) is 12.1 Å². The van der Waals surface area contributed by atoms with E-state index in [-0.39, 0.29) is 26.9 Å². The maximum absolute atomic E-state index is 6.98. The van der Waals surface area contributed by atoms with Crippen LogP contribution in [-0.2, 0) is 21.1 Å². The van der Waals surface area contributed by atoms with Gasteiger partial charge in [0.1, 0.15) is 0 Å². The van der Waals surface area contributed by atoms with Crippen molar-refractivity contribution in [3.8, 4) is 0 Å². The molecule has 2 nitrogen and oxygen atoms in total. The summed E-state index contributed by atoms with van der Waals surface area (Å²) in [4.78, 5) is 0. The quantitative estimate of drug-likeness (QED) is 0.449. The number of nitrogens with two attached hydrogens (primary N) is 1. The van der Waals surface area contributed by atoms with Crippen LogP contribution < -0.4 is 5.73 Å². The van der Waals surface area contributed by atoms with E-state index in [1.165, 1.54) is 0 Å². The minimum Gasteiger partial charge on any atom is -0.422 e. The summed E-state index contributed by atoms with van der Waals surface area (Å²) in [5, 5.41) is 6.98. The van der Waals surface area contributed by atoms with E-state index < -0.39 is 0 Å². The first-order valence-corrected chi connectivity index (χ1v) is 2.62. The van der Waals surface area contributed by atoms with Crippen LogP contribution in [0.5, 0.6) is 0 Å². The van der Waals surface area contributed by atoms with Gasteiger partial charge in [-0.2, -0.15) is 0 Å². The molecule has 0 aliphatic rings. The van der Waals surface area contributed by atoms with Crippen molar-refractivity contribution in [2.75, 3.05) is 0 Å². The number of hydrogen-bond acceptors (Lipinski definition) is 1. The van der Waals surface area contributed by atoms with Gasteiger partial charge in [0.25, 0.3) is 0 Å². The predicted molar refractivity (Wildman–Crippen MR) is 36.3 cm³/mol. The molecule has 3 heteroatoms. The monoisotopic (exact) mass is 303 g/mol. The van der Waals surface area contributed by atoms with E-state index in [1.807, 2.05) is 12.1 Å². The molecule has 0 spiro atoms. The maximum atomic E-state index is 6.98. The Bertz CT molecular complexity index is 208. The summed E-state index contributed by atoms with van der Waals surface area (Å²) >= 11 is 0. The molecule has 0 amide bonds. The van der Waals surface area contributed by atoms with Crippen molar-refractivity contribution in [1.82, 2.24) is 0 Å². The fourth-order valence-electron chi connectivity index (χ4n) is 0.561. The summed E-state index contributed by atoms with van der Waals surface area (Å²) in [7, 11) is 0. The molecule has 0 aliphatic heterocycles. The predicted octanol–water partition coefficient (Wildman–Crippen LogP) is 0.768. The third-order valence-corrected chi connectivity index (χ3v) is 0.999. The number of nitrogen functional groups attached to an aromatic ring is 1. The molecule has 0 saturated heterocycles. The van der Waals surface area contributed by atoms with E-state index in [0.717, 1.165) is 0 Å². The zero-order valence-electron chi connectivity index (χ0n) is 5.29. The van der Waals surface area contributed by atoms with Gasteiger partial charge in [0, 0.05) is 26.9 Å². The molecule has 52 valence electrons. The van der Waals surface area contributed by atoms with E-state index in [2.05, 4.69) is 6.07 Å². The summed E-state index contributed by atoms with van der Waals surface area (Å²) in [6.45, 7) is 0. The smallest absolute Gasteiger partial charge is 0.0382 e. The van der Waals surface area contributed by atoms with Crippen LogP contribution >= 0.6 is 0 Å². The van der Waals surface area contributed by atoms with Crippen LogP contribution in [0.4, 0.5) is 0 Å². The Labute approximate surface area is 74.2 Å². The first-order valence-electron chi connectivity index (χ1n) is 2.62. The van der Waals surface area contributed by atoms with Gasteiger partial charge >= 0.3 is 0 Å². The molecule has 10 heavy (non-hydrogen) atoms. The molecule has 0 aromatic heterocycles. The molecular formula is C7H7N2W-. The molecule has 3 N–H and O–H groups in total. The average Bonchev–Trinajstić information content (AvgIpc) is 1.90. The molecule has 0 heterocycles. The van der Waals surface area contributed by atoms with E-state index >= 15 is 0 Å². The van der Waals surface area contributed by atoms with Gasteiger partial charge in [-0.3, -0.25) is 0 Å². The zero-order chi connectivity index (χ0) is 6.69. The first-order chi connectivity index (χ1) is 4.30. The van der Waals surface area contributed by atoms with Crippen LogP contribution in [0.3, 0.4) is 0 Å². The van der Waals surface area contributed by atoms with Gasteiger partial charge in [-0.1, -0.05) is 0 Å². The SMILES string of the molecule is N=C(N)c1[c-]cccc1.[W]. The Balaban J connectivity index is 0.000000810. The van der Waals surface area contributed by atoms with Gasteiger partial charge in [0.05, 0.1) is 0 Å². The van der Waals surface area contributed by atoms with Gasteiger partial charge in [0.2, 0.25) is 0 Å². The van der Waals surface area contributed by atoms with E-state index in [4.69, 9.17) is 11.1 Å². The van der Waals surface area contributed by atoms with E-state index in [9.17, 15) is 0 Å². The molecule has 0 fully saturated rings. The Kier molecular flexibility index (Phi) is 3.97. The number of nitrogens with one attached hydrogen (secondary N) is 1. The van der Waals surface area contributed by atoms with Crippen LogP contribution in [0, 0.1) is 11.5 Å². The molecule has 0 radical (unpaired) electrons. The van der Waals surface area contributed by atoms with Gasteiger partial charge in [0.15, 0.2) is 0 Å². The summed E-state index contributed by atoms with van der Waals surface area (Å²) in [5.74, 6) is 0.0654. The van der Waals surface area contributed by atoms with Crippen molar-refractivity contribution in [3.05, 3.63) is 35.9 Å². The molecule has 0 unspecified atom stereocenters. The second-order valence-electron chi connectivity index (χ2n) is 1.69. The third kappa shape index (κ3) is 2.32. The van der Waals surface area contributed by atoms with E-state index in [0.29, 0.717) is 5.56 Å². The molecule has 0 bridgehead atoms. The van der Waals surface area contributed by atoms with Crippen molar-refractivity contribution in [3.63, 3.8) is 0 Å². The van der Waals surface area contributed by atoms with Crippen molar-refractivity contribution in [1.29, 1.82) is 5.41 Å². The van der Waals surface area contributed by atoms with Crippen molar-refractivity contribution in [2.24, 2.45) is 5.73 Å². The minimum atomic E-state index is 0. The molecular weight excluding hydrogens is 296 g/mol. The topological polar surface area (TPSA) is 49.9 Å². The summed E-state index contributed by atoms with van der Waals surface area (Å²) in [5.41, 5.74) is 5.82. The van der Waals surface area contributed by atoms with Crippen LogP contribution in [-0.4, -0.2) is 5.84 Å². The minimum absolute atomic E-state index is 0. The van der Waals surface area contributed by atoms with Crippen LogP contribution in [0.1, 0.15) is 5.56 Å². The number of benzene rings is 1. The Hall–Kier alpha value is -0.622. The Morgan fingerprint density at radius 3 is 2.50 bits per heavy atom. The second-order valence-corrected chi connectivity index (χ2v) is 1.69. The summed E-state index contributed by atoms with van der Waals surface area (Å²) in [6.07, 6.45) is 0. The Morgan fingerprint density at radius 1 is 1.50 bits per heavy atom. The van der Waals surface area contributed by atoms with Crippen LogP contribution in [0.2, 0.25) is 0 Å². The standard InChI is InChI=1S/C7H7N2.W/c8-7(9)6-4-2-1-3-5-6;/h1-4H,(H3,8,9);/q-1;. The van der Waals surface area contributed by atoms with Crippen molar-refractivity contribution in [2.45, 2.75) is 0 Å². The summed E-state index contributed by atoms with van der Waals surface area (Å²) < 4.78 is 0. The molecule has 1 rings (SSSR count). The number of amidine groups is 1. The molecule has 1 aromatic rings. The van der Waals surface area contributed by atoms with Gasteiger partial charge in [-0.25, -0.2) is 0 Å². The second kappa shape index (κ2) is 4.23. The Morgan fingerprint density at radius 2 is 2.20 bits per heavy atom. The molecule has 0 aliphatic carbocycles. The third-order valence-electron chi connectivity index (χ3n) is 0.999. The van der Waals surface area contributed by atoms with Gasteiger partial charge in [-0.15, -0.1) is 35.9 Å². The summed E-state index contributed by atoms with van der Waals surface area (Å²) in [6, 6.07) is 9.97. The fraction of sp³-hybridized carbons (Fsp3) is 0. The zero-order valence-corrected chi connectivity index (χ0v) is 8.23.